The molecule has 1 atom stereocenters. The maximum Gasteiger partial charge on any atom is 0.101 e. The van der Waals surface area contributed by atoms with Crippen LogP contribution >= 0.6 is 0 Å². The Morgan fingerprint density at radius 1 is 0.357 bits per heavy atom. The lowest BCUT2D eigenvalue weighted by Gasteiger charge is -2.34. The minimum Gasteiger partial charge on any atom is -0.334 e. The van der Waals surface area contributed by atoms with Gasteiger partial charge in [-0.3, -0.25) is 0 Å². The quantitative estimate of drug-likeness (QED) is 0.128. The Balaban J connectivity index is 1.15. The van der Waals surface area contributed by atoms with Gasteiger partial charge >= 0.3 is 0 Å². The average Bonchev–Trinajstić information content (AvgIpc) is 1.94. The molecular formula is C76H48N8. The number of rotatable bonds is 11. The fourth-order valence-corrected chi connectivity index (χ4v) is 12.5. The van der Waals surface area contributed by atoms with Crippen molar-refractivity contribution in [1.29, 1.82) is 21.0 Å². The van der Waals surface area contributed by atoms with Crippen molar-refractivity contribution in [3.8, 4) is 69.0 Å². The first-order valence-corrected chi connectivity index (χ1v) is 27.8. The van der Waals surface area contributed by atoms with E-state index in [0.29, 0.717) is 39.8 Å². The normalized spacial score (nSPS) is 12.5. The van der Waals surface area contributed by atoms with Crippen LogP contribution in [0.4, 0.5) is 28.4 Å². The van der Waals surface area contributed by atoms with E-state index in [1.807, 2.05) is 97.1 Å². The molecule has 8 nitrogen and oxygen atoms in total. The number of hydrogen-bond acceptors (Lipinski definition) is 6. The van der Waals surface area contributed by atoms with E-state index in [2.05, 4.69) is 219 Å². The second-order valence-corrected chi connectivity index (χ2v) is 20.8. The van der Waals surface area contributed by atoms with Crippen LogP contribution in [0.3, 0.4) is 0 Å². The summed E-state index contributed by atoms with van der Waals surface area (Å²) >= 11 is 0. The van der Waals surface area contributed by atoms with Crippen LogP contribution in [0.5, 0.6) is 0 Å². The van der Waals surface area contributed by atoms with Gasteiger partial charge in [0.05, 0.1) is 74.4 Å². The van der Waals surface area contributed by atoms with Crippen molar-refractivity contribution >= 4 is 67.2 Å². The minimum atomic E-state index is -0.0799. The van der Waals surface area contributed by atoms with Gasteiger partial charge in [-0.25, -0.2) is 0 Å². The van der Waals surface area contributed by atoms with Crippen molar-refractivity contribution < 1.29 is 0 Å². The Morgan fingerprint density at radius 2 is 0.774 bits per heavy atom. The summed E-state index contributed by atoms with van der Waals surface area (Å²) in [6.45, 7) is 0. The van der Waals surface area contributed by atoms with E-state index in [4.69, 9.17) is 0 Å². The molecule has 84 heavy (non-hydrogen) atoms. The zero-order valence-electron chi connectivity index (χ0n) is 45.3. The number of nitriles is 4. The highest BCUT2D eigenvalue weighted by Gasteiger charge is 2.35. The Labute approximate surface area is 486 Å². The fourth-order valence-electron chi connectivity index (χ4n) is 12.5. The Hall–Kier alpha value is -11.9. The Kier molecular flexibility index (Phi) is 12.7. The molecule has 0 aliphatic heterocycles. The standard InChI is InChI=1S/C76H48N8/c77-47-51-29-35-54(36-30-51)72-67(50-80)73(55-37-31-52(48-78)32-38-55)76(84-69-28-16-14-26-64(69)66-46-62(42-44-71(66)84)82(59-21-9-3-10-22-59)60-23-11-4-12-24-60)74(56-39-33-53(49-79)34-40-56)75(72)83-68-27-15-13-25-63(68)65-45-61(41-43-70(65)83)81(57-17-5-1-6-18-57)58-19-7-2-8-20-58/h1-45,62H,46H2. The van der Waals surface area contributed by atoms with Crippen molar-refractivity contribution in [1.82, 2.24) is 9.13 Å². The maximum atomic E-state index is 12.4. The third kappa shape index (κ3) is 8.52. The van der Waals surface area contributed by atoms with E-state index in [1.165, 1.54) is 0 Å². The first-order valence-electron chi connectivity index (χ1n) is 27.8. The SMILES string of the molecule is N#Cc1ccc(-c2c(C#N)c(-c3ccc(C#N)cc3)c(-n3c4ccccc4c4cc(N(c5ccccc5)c5ccccc5)ccc43)c(-c3ccc(C#N)cc3)c2-n2c3c(c4ccccc42)CC(N(c2ccccc2)c2ccccc2)C=C3)cc1. The van der Waals surface area contributed by atoms with Crippen LogP contribution in [0.15, 0.2) is 267 Å². The summed E-state index contributed by atoms with van der Waals surface area (Å²) in [7, 11) is 0. The zero-order valence-corrected chi connectivity index (χ0v) is 45.3. The van der Waals surface area contributed by atoms with Gasteiger partial charge in [0.25, 0.3) is 0 Å². The second-order valence-electron chi connectivity index (χ2n) is 20.8. The van der Waals surface area contributed by atoms with Crippen molar-refractivity contribution in [2.75, 3.05) is 9.80 Å². The molecule has 0 saturated carbocycles. The molecule has 0 spiro atoms. The lowest BCUT2D eigenvalue weighted by molar-refractivity contribution is 0.766. The predicted octanol–water partition coefficient (Wildman–Crippen LogP) is 18.5. The van der Waals surface area contributed by atoms with Crippen molar-refractivity contribution in [2.45, 2.75) is 12.5 Å². The summed E-state index contributed by atoms with van der Waals surface area (Å²) in [5.41, 5.74) is 17.7. The molecule has 1 aliphatic carbocycles. The van der Waals surface area contributed by atoms with Gasteiger partial charge in [-0.05, 0) is 150 Å². The molecular weight excluding hydrogens is 1020 g/mol. The molecule has 0 radical (unpaired) electrons. The van der Waals surface area contributed by atoms with Gasteiger partial charge in [-0.2, -0.15) is 21.0 Å². The van der Waals surface area contributed by atoms with E-state index in [0.717, 1.165) is 106 Å². The van der Waals surface area contributed by atoms with Crippen molar-refractivity contribution in [3.63, 3.8) is 0 Å². The van der Waals surface area contributed by atoms with Gasteiger partial charge in [-0.15, -0.1) is 0 Å². The molecule has 11 aromatic carbocycles. The molecule has 0 bridgehead atoms. The smallest absolute Gasteiger partial charge is 0.101 e. The zero-order chi connectivity index (χ0) is 56.7. The van der Waals surface area contributed by atoms with E-state index < -0.39 is 0 Å². The number of para-hydroxylation sites is 6. The second kappa shape index (κ2) is 21.3. The summed E-state index contributed by atoms with van der Waals surface area (Å²) in [6, 6.07) is 97.9. The van der Waals surface area contributed by atoms with Crippen LogP contribution in [0.1, 0.15) is 33.5 Å². The number of hydrogen-bond donors (Lipinski definition) is 0. The van der Waals surface area contributed by atoms with Crippen LogP contribution in [-0.4, -0.2) is 15.2 Å². The van der Waals surface area contributed by atoms with Crippen molar-refractivity contribution in [2.24, 2.45) is 0 Å². The van der Waals surface area contributed by atoms with E-state index in [9.17, 15) is 21.0 Å². The average molecular weight is 1070 g/mol. The van der Waals surface area contributed by atoms with Gasteiger partial charge in [0.2, 0.25) is 0 Å². The Morgan fingerprint density at radius 3 is 1.26 bits per heavy atom. The van der Waals surface area contributed by atoms with Gasteiger partial charge in [0, 0.05) is 67.0 Å². The van der Waals surface area contributed by atoms with E-state index in [1.54, 1.807) is 0 Å². The third-order valence-corrected chi connectivity index (χ3v) is 16.2. The highest BCUT2D eigenvalue weighted by molar-refractivity contribution is 6.14. The largest absolute Gasteiger partial charge is 0.334 e. The molecule has 0 amide bonds. The molecule has 1 unspecified atom stereocenters. The van der Waals surface area contributed by atoms with Crippen LogP contribution < -0.4 is 9.80 Å². The van der Waals surface area contributed by atoms with Crippen LogP contribution in [0.25, 0.3) is 83.5 Å². The first-order chi connectivity index (χ1) is 41.5. The topological polar surface area (TPSA) is 112 Å². The highest BCUT2D eigenvalue weighted by Crippen LogP contribution is 2.53. The van der Waals surface area contributed by atoms with Gasteiger partial charge in [0.1, 0.15) is 6.07 Å². The van der Waals surface area contributed by atoms with Crippen LogP contribution in [-0.2, 0) is 6.42 Å². The molecule has 1 aliphatic rings. The summed E-state index contributed by atoms with van der Waals surface area (Å²) in [5, 5.41) is 46.3. The maximum absolute atomic E-state index is 12.4. The molecule has 0 saturated heterocycles. The molecule has 2 aromatic heterocycles. The monoisotopic (exact) mass is 1070 g/mol. The fraction of sp³-hybridized carbons (Fsp3) is 0.0263. The number of fused-ring (bicyclic) bond motifs is 6. The van der Waals surface area contributed by atoms with Crippen molar-refractivity contribution in [3.05, 3.63) is 300 Å². The van der Waals surface area contributed by atoms with Gasteiger partial charge in [0.15, 0.2) is 0 Å². The summed E-state index contributed by atoms with van der Waals surface area (Å²) < 4.78 is 4.67. The van der Waals surface area contributed by atoms with E-state index >= 15 is 0 Å². The minimum absolute atomic E-state index is 0.0799. The molecule has 13 aromatic rings. The predicted molar refractivity (Wildman–Crippen MR) is 339 cm³/mol. The summed E-state index contributed by atoms with van der Waals surface area (Å²) in [5.74, 6) is 0. The molecule has 2 heterocycles. The van der Waals surface area contributed by atoms with Crippen LogP contribution in [0.2, 0.25) is 0 Å². The first kappa shape index (κ1) is 50.3. The number of benzene rings is 11. The van der Waals surface area contributed by atoms with Gasteiger partial charge < -0.3 is 18.9 Å². The summed E-state index contributed by atoms with van der Waals surface area (Å²) in [6.07, 6.45) is 5.21. The van der Waals surface area contributed by atoms with E-state index in [-0.39, 0.29) is 6.04 Å². The molecule has 8 heteroatoms. The Bertz CT molecular complexity index is 4800. The van der Waals surface area contributed by atoms with Crippen LogP contribution in [0, 0.1) is 45.3 Å². The van der Waals surface area contributed by atoms with Gasteiger partial charge in [-0.1, -0.05) is 152 Å². The highest BCUT2D eigenvalue weighted by atomic mass is 15.2. The number of anilines is 5. The number of aromatic nitrogens is 2. The molecule has 392 valence electrons. The number of nitrogens with zero attached hydrogens (tertiary/aromatic N) is 8. The lowest BCUT2D eigenvalue weighted by atomic mass is 9.83. The molecule has 0 N–H and O–H groups in total. The third-order valence-electron chi connectivity index (χ3n) is 16.2. The lowest BCUT2D eigenvalue weighted by Crippen LogP contribution is -2.33. The molecule has 0 fully saturated rings. The molecule has 14 rings (SSSR count). The summed E-state index contributed by atoms with van der Waals surface area (Å²) in [4.78, 5) is 4.67.